The van der Waals surface area contributed by atoms with Crippen LogP contribution in [0.1, 0.15) is 29.2 Å². The molecule has 0 aliphatic heterocycles. The number of halogens is 2. The molecule has 0 amide bonds. The summed E-state index contributed by atoms with van der Waals surface area (Å²) >= 11 is 6.07. The third kappa shape index (κ3) is 3.20. The average molecular weight is 293 g/mol. The summed E-state index contributed by atoms with van der Waals surface area (Å²) < 4.78 is 13.3. The molecule has 0 saturated heterocycles. The molecule has 0 spiro atoms. The van der Waals surface area contributed by atoms with Crippen LogP contribution in [-0.4, -0.2) is 5.11 Å². The van der Waals surface area contributed by atoms with Gasteiger partial charge in [-0.2, -0.15) is 0 Å². The van der Waals surface area contributed by atoms with Crippen molar-refractivity contribution in [2.24, 2.45) is 0 Å². The molecular weight excluding hydrogens is 275 g/mol. The summed E-state index contributed by atoms with van der Waals surface area (Å²) in [6.45, 7) is 5.75. The van der Waals surface area contributed by atoms with Crippen LogP contribution in [0, 0.1) is 19.7 Å². The summed E-state index contributed by atoms with van der Waals surface area (Å²) in [5.74, 6) is -0.347. The first-order valence-electron chi connectivity index (χ1n) is 6.53. The van der Waals surface area contributed by atoms with Gasteiger partial charge in [-0.05, 0) is 61.2 Å². The maximum absolute atomic E-state index is 13.3. The maximum Gasteiger partial charge on any atom is 0.123 e. The van der Waals surface area contributed by atoms with Crippen LogP contribution in [0.25, 0.3) is 0 Å². The molecule has 1 nitrogen and oxygen atoms in total. The summed E-state index contributed by atoms with van der Waals surface area (Å²) in [5.41, 5.74) is 2.62. The van der Waals surface area contributed by atoms with Crippen molar-refractivity contribution in [1.29, 1.82) is 0 Å². The third-order valence-electron chi connectivity index (χ3n) is 3.67. The Hall–Kier alpha value is -1.38. The molecular formula is C17H18ClFO. The van der Waals surface area contributed by atoms with Gasteiger partial charge in [0, 0.05) is 11.4 Å². The first-order valence-corrected chi connectivity index (χ1v) is 6.91. The van der Waals surface area contributed by atoms with Crippen LogP contribution in [-0.2, 0) is 12.0 Å². The molecule has 2 aromatic rings. The van der Waals surface area contributed by atoms with Gasteiger partial charge in [0.05, 0.1) is 5.60 Å². The predicted octanol–water partition coefficient (Wildman–Crippen LogP) is 4.55. The SMILES string of the molecule is Cc1ccc(C(C)(O)Cc2cc(F)ccc2Cl)cc1C. The Morgan fingerprint density at radius 2 is 1.80 bits per heavy atom. The second kappa shape index (κ2) is 5.55. The number of aliphatic hydroxyl groups is 1. The van der Waals surface area contributed by atoms with E-state index >= 15 is 0 Å². The Labute approximate surface area is 124 Å². The molecule has 1 atom stereocenters. The summed E-state index contributed by atoms with van der Waals surface area (Å²) in [6, 6.07) is 10.0. The predicted molar refractivity (Wildman–Crippen MR) is 80.6 cm³/mol. The molecule has 1 unspecified atom stereocenters. The minimum Gasteiger partial charge on any atom is -0.385 e. The average Bonchev–Trinajstić information content (AvgIpc) is 2.36. The first-order chi connectivity index (χ1) is 9.29. The van der Waals surface area contributed by atoms with Gasteiger partial charge in [0.1, 0.15) is 5.82 Å². The molecule has 2 aromatic carbocycles. The molecule has 0 bridgehead atoms. The highest BCUT2D eigenvalue weighted by atomic mass is 35.5. The second-order valence-corrected chi connectivity index (χ2v) is 5.89. The van der Waals surface area contributed by atoms with E-state index in [0.717, 1.165) is 11.1 Å². The molecule has 0 aliphatic rings. The van der Waals surface area contributed by atoms with E-state index in [1.165, 1.54) is 23.8 Å². The molecule has 0 aromatic heterocycles. The van der Waals surface area contributed by atoms with Gasteiger partial charge in [0.2, 0.25) is 0 Å². The molecule has 0 heterocycles. The summed E-state index contributed by atoms with van der Waals surface area (Å²) in [5, 5.41) is 11.2. The Bertz CT molecular complexity index is 635. The van der Waals surface area contributed by atoms with Gasteiger partial charge in [-0.3, -0.25) is 0 Å². The van der Waals surface area contributed by atoms with Crippen LogP contribution in [0.3, 0.4) is 0 Å². The van der Waals surface area contributed by atoms with Crippen LogP contribution < -0.4 is 0 Å². The van der Waals surface area contributed by atoms with Crippen molar-refractivity contribution in [2.45, 2.75) is 32.8 Å². The quantitative estimate of drug-likeness (QED) is 0.880. The fourth-order valence-electron chi connectivity index (χ4n) is 2.23. The highest BCUT2D eigenvalue weighted by Crippen LogP contribution is 2.30. The summed E-state index contributed by atoms with van der Waals surface area (Å²) in [6.07, 6.45) is 0.270. The number of aryl methyl sites for hydroxylation is 2. The molecule has 3 heteroatoms. The first kappa shape index (κ1) is 15.0. The van der Waals surface area contributed by atoms with Gasteiger partial charge in [-0.25, -0.2) is 4.39 Å². The monoisotopic (exact) mass is 292 g/mol. The number of rotatable bonds is 3. The normalized spacial score (nSPS) is 14.1. The number of benzene rings is 2. The van der Waals surface area contributed by atoms with Gasteiger partial charge < -0.3 is 5.11 Å². The number of hydrogen-bond acceptors (Lipinski definition) is 1. The zero-order chi connectivity index (χ0) is 14.9. The van der Waals surface area contributed by atoms with Gasteiger partial charge in [-0.15, -0.1) is 0 Å². The van der Waals surface area contributed by atoms with Crippen LogP contribution in [0.2, 0.25) is 5.02 Å². The molecule has 0 saturated carbocycles. The van der Waals surface area contributed by atoms with E-state index in [9.17, 15) is 9.50 Å². The Kier molecular flexibility index (Phi) is 4.17. The Morgan fingerprint density at radius 3 is 2.45 bits per heavy atom. The van der Waals surface area contributed by atoms with E-state index < -0.39 is 5.60 Å². The minimum atomic E-state index is -1.09. The van der Waals surface area contributed by atoms with Crippen LogP contribution in [0.15, 0.2) is 36.4 Å². The fraction of sp³-hybridized carbons (Fsp3) is 0.294. The standard InChI is InChI=1S/C17H18ClFO/c1-11-4-5-14(8-12(11)2)17(3,20)10-13-9-15(19)6-7-16(13)18/h4-9,20H,10H2,1-3H3. The lowest BCUT2D eigenvalue weighted by Crippen LogP contribution is -2.24. The smallest absolute Gasteiger partial charge is 0.123 e. The highest BCUT2D eigenvalue weighted by Gasteiger charge is 2.25. The molecule has 106 valence electrons. The van der Waals surface area contributed by atoms with E-state index in [0.29, 0.717) is 10.6 Å². The third-order valence-corrected chi connectivity index (χ3v) is 4.04. The topological polar surface area (TPSA) is 20.2 Å². The molecule has 0 radical (unpaired) electrons. The molecule has 1 N–H and O–H groups in total. The lowest BCUT2D eigenvalue weighted by atomic mass is 9.87. The van der Waals surface area contributed by atoms with E-state index in [4.69, 9.17) is 11.6 Å². The van der Waals surface area contributed by atoms with Crippen molar-refractivity contribution in [2.75, 3.05) is 0 Å². The van der Waals surface area contributed by atoms with Crippen molar-refractivity contribution in [1.82, 2.24) is 0 Å². The zero-order valence-corrected chi connectivity index (χ0v) is 12.6. The lowest BCUT2D eigenvalue weighted by molar-refractivity contribution is 0.0575. The van der Waals surface area contributed by atoms with Gasteiger partial charge in [0.15, 0.2) is 0 Å². The fourth-order valence-corrected chi connectivity index (χ4v) is 2.41. The molecule has 0 aliphatic carbocycles. The Balaban J connectivity index is 2.34. The maximum atomic E-state index is 13.3. The minimum absolute atomic E-state index is 0.270. The van der Waals surface area contributed by atoms with Crippen LogP contribution in [0.4, 0.5) is 4.39 Å². The lowest BCUT2D eigenvalue weighted by Gasteiger charge is -2.25. The number of hydrogen-bond donors (Lipinski definition) is 1. The largest absolute Gasteiger partial charge is 0.385 e. The Morgan fingerprint density at radius 1 is 1.10 bits per heavy atom. The van der Waals surface area contributed by atoms with Crippen molar-refractivity contribution < 1.29 is 9.50 Å². The van der Waals surface area contributed by atoms with E-state index in [-0.39, 0.29) is 12.2 Å². The highest BCUT2D eigenvalue weighted by molar-refractivity contribution is 6.31. The molecule has 20 heavy (non-hydrogen) atoms. The van der Waals surface area contributed by atoms with Gasteiger partial charge in [-0.1, -0.05) is 29.8 Å². The zero-order valence-electron chi connectivity index (χ0n) is 11.9. The summed E-state index contributed by atoms with van der Waals surface area (Å²) in [4.78, 5) is 0. The van der Waals surface area contributed by atoms with Crippen molar-refractivity contribution in [3.05, 3.63) is 69.5 Å². The summed E-state index contributed by atoms with van der Waals surface area (Å²) in [7, 11) is 0. The van der Waals surface area contributed by atoms with E-state index in [2.05, 4.69) is 0 Å². The van der Waals surface area contributed by atoms with E-state index in [1.54, 1.807) is 6.92 Å². The van der Waals surface area contributed by atoms with Crippen molar-refractivity contribution in [3.8, 4) is 0 Å². The van der Waals surface area contributed by atoms with Gasteiger partial charge >= 0.3 is 0 Å². The van der Waals surface area contributed by atoms with E-state index in [1.807, 2.05) is 32.0 Å². The van der Waals surface area contributed by atoms with Gasteiger partial charge in [0.25, 0.3) is 0 Å². The van der Waals surface area contributed by atoms with Crippen LogP contribution >= 0.6 is 11.6 Å². The molecule has 0 fully saturated rings. The van der Waals surface area contributed by atoms with Crippen molar-refractivity contribution >= 4 is 11.6 Å². The van der Waals surface area contributed by atoms with Crippen LogP contribution in [0.5, 0.6) is 0 Å². The van der Waals surface area contributed by atoms with Crippen molar-refractivity contribution in [3.63, 3.8) is 0 Å². The second-order valence-electron chi connectivity index (χ2n) is 5.49. The molecule has 2 rings (SSSR count).